The van der Waals surface area contributed by atoms with Gasteiger partial charge in [0, 0.05) is 18.1 Å². The van der Waals surface area contributed by atoms with E-state index >= 15 is 0 Å². The van der Waals surface area contributed by atoms with Crippen molar-refractivity contribution in [2.45, 2.75) is 25.8 Å². The number of aromatic nitrogens is 1. The minimum atomic E-state index is 0.458. The number of likely N-dealkylation sites (tertiary alicyclic amines) is 1. The van der Waals surface area contributed by atoms with Crippen molar-refractivity contribution in [3.05, 3.63) is 16.6 Å². The van der Waals surface area contributed by atoms with Crippen molar-refractivity contribution < 1.29 is 0 Å². The van der Waals surface area contributed by atoms with Crippen molar-refractivity contribution >= 4 is 11.3 Å². The Labute approximate surface area is 95.3 Å². The van der Waals surface area contributed by atoms with Crippen LogP contribution in [0.5, 0.6) is 0 Å². The van der Waals surface area contributed by atoms with Crippen LogP contribution in [0.15, 0.2) is 11.6 Å². The molecule has 0 bridgehead atoms. The highest BCUT2D eigenvalue weighted by molar-refractivity contribution is 7.09. The van der Waals surface area contributed by atoms with Crippen molar-refractivity contribution in [3.63, 3.8) is 0 Å². The SMILES string of the molecule is C[C@@H](c1nccs1)N1CCC[C@@H](CN)C1. The number of thiazole rings is 1. The maximum absolute atomic E-state index is 5.74. The molecule has 2 rings (SSSR count). The van der Waals surface area contributed by atoms with Gasteiger partial charge in [-0.2, -0.15) is 0 Å². The van der Waals surface area contributed by atoms with Crippen molar-refractivity contribution in [2.24, 2.45) is 11.7 Å². The van der Waals surface area contributed by atoms with Crippen LogP contribution in [0.1, 0.15) is 30.8 Å². The number of piperidine rings is 1. The third-order valence-corrected chi connectivity index (χ3v) is 4.19. The highest BCUT2D eigenvalue weighted by Gasteiger charge is 2.24. The lowest BCUT2D eigenvalue weighted by atomic mass is 9.97. The van der Waals surface area contributed by atoms with E-state index in [2.05, 4.69) is 22.2 Å². The second kappa shape index (κ2) is 5.05. The first-order valence-electron chi connectivity index (χ1n) is 5.64. The maximum Gasteiger partial charge on any atom is 0.109 e. The molecule has 1 aliphatic heterocycles. The van der Waals surface area contributed by atoms with E-state index < -0.39 is 0 Å². The lowest BCUT2D eigenvalue weighted by Gasteiger charge is -2.35. The van der Waals surface area contributed by atoms with Gasteiger partial charge < -0.3 is 5.73 Å². The van der Waals surface area contributed by atoms with Crippen LogP contribution in [-0.2, 0) is 0 Å². The number of hydrogen-bond donors (Lipinski definition) is 1. The van der Waals surface area contributed by atoms with Gasteiger partial charge in [-0.25, -0.2) is 4.98 Å². The van der Waals surface area contributed by atoms with E-state index in [4.69, 9.17) is 5.73 Å². The molecule has 2 heterocycles. The van der Waals surface area contributed by atoms with E-state index in [0.29, 0.717) is 12.0 Å². The van der Waals surface area contributed by atoms with Crippen LogP contribution in [0.25, 0.3) is 0 Å². The third-order valence-electron chi connectivity index (χ3n) is 3.24. The second-order valence-corrected chi connectivity index (χ2v) is 5.21. The lowest BCUT2D eigenvalue weighted by molar-refractivity contribution is 0.134. The van der Waals surface area contributed by atoms with Crippen molar-refractivity contribution in [2.75, 3.05) is 19.6 Å². The standard InChI is InChI=1S/C11H19N3S/c1-9(11-13-4-6-15-11)14-5-2-3-10(7-12)8-14/h4,6,9-10H,2-3,5,7-8,12H2,1H3/t9-,10-/m0/s1. The largest absolute Gasteiger partial charge is 0.330 e. The van der Waals surface area contributed by atoms with Gasteiger partial charge in [0.15, 0.2) is 0 Å². The molecule has 15 heavy (non-hydrogen) atoms. The summed E-state index contributed by atoms with van der Waals surface area (Å²) in [6.07, 6.45) is 4.45. The van der Waals surface area contributed by atoms with Gasteiger partial charge >= 0.3 is 0 Å². The molecule has 0 aliphatic carbocycles. The predicted molar refractivity (Wildman–Crippen MR) is 63.9 cm³/mol. The molecule has 1 aromatic rings. The normalized spacial score (nSPS) is 25.3. The first kappa shape index (κ1) is 11.0. The quantitative estimate of drug-likeness (QED) is 0.854. The fraction of sp³-hybridized carbons (Fsp3) is 0.727. The van der Waals surface area contributed by atoms with Gasteiger partial charge in [0.25, 0.3) is 0 Å². The highest BCUT2D eigenvalue weighted by Crippen LogP contribution is 2.27. The molecule has 1 aromatic heterocycles. The molecule has 3 nitrogen and oxygen atoms in total. The van der Waals surface area contributed by atoms with E-state index in [9.17, 15) is 0 Å². The second-order valence-electron chi connectivity index (χ2n) is 4.29. The van der Waals surface area contributed by atoms with Gasteiger partial charge in [-0.15, -0.1) is 11.3 Å². The van der Waals surface area contributed by atoms with E-state index in [1.54, 1.807) is 11.3 Å². The topological polar surface area (TPSA) is 42.2 Å². The summed E-state index contributed by atoms with van der Waals surface area (Å²) in [5.41, 5.74) is 5.74. The molecule has 0 saturated carbocycles. The Kier molecular flexibility index (Phi) is 3.72. The van der Waals surface area contributed by atoms with Crippen LogP contribution in [0.4, 0.5) is 0 Å². The van der Waals surface area contributed by atoms with E-state index in [1.807, 2.05) is 6.20 Å². The van der Waals surface area contributed by atoms with E-state index in [1.165, 1.54) is 24.4 Å². The van der Waals surface area contributed by atoms with Crippen LogP contribution in [0.2, 0.25) is 0 Å². The van der Waals surface area contributed by atoms with Gasteiger partial charge in [-0.05, 0) is 38.8 Å². The molecule has 0 unspecified atom stereocenters. The fourth-order valence-corrected chi connectivity index (χ4v) is 2.97. The molecule has 1 fully saturated rings. The summed E-state index contributed by atoms with van der Waals surface area (Å²) in [6.45, 7) is 5.40. The summed E-state index contributed by atoms with van der Waals surface area (Å²) in [6, 6.07) is 0.458. The number of nitrogens with two attached hydrogens (primary N) is 1. The van der Waals surface area contributed by atoms with E-state index in [0.717, 1.165) is 13.1 Å². The molecule has 2 atom stereocenters. The minimum absolute atomic E-state index is 0.458. The zero-order chi connectivity index (χ0) is 10.7. The smallest absolute Gasteiger partial charge is 0.109 e. The Morgan fingerprint density at radius 3 is 3.27 bits per heavy atom. The van der Waals surface area contributed by atoms with E-state index in [-0.39, 0.29) is 0 Å². The Hall–Kier alpha value is -0.450. The van der Waals surface area contributed by atoms with Crippen LogP contribution in [0, 0.1) is 5.92 Å². The summed E-state index contributed by atoms with van der Waals surface area (Å²) in [5.74, 6) is 0.682. The average Bonchev–Trinajstić information content (AvgIpc) is 2.81. The van der Waals surface area contributed by atoms with Crippen LogP contribution >= 0.6 is 11.3 Å². The zero-order valence-corrected chi connectivity index (χ0v) is 10.0. The molecular formula is C11H19N3S. The summed E-state index contributed by atoms with van der Waals surface area (Å²) in [5, 5.41) is 3.28. The van der Waals surface area contributed by atoms with Gasteiger partial charge in [-0.1, -0.05) is 0 Å². The molecule has 0 aromatic carbocycles. The van der Waals surface area contributed by atoms with Crippen molar-refractivity contribution in [1.82, 2.24) is 9.88 Å². The molecule has 0 amide bonds. The summed E-state index contributed by atoms with van der Waals surface area (Å²) in [4.78, 5) is 6.90. The predicted octanol–water partition coefficient (Wildman–Crippen LogP) is 1.87. The molecular weight excluding hydrogens is 206 g/mol. The highest BCUT2D eigenvalue weighted by atomic mass is 32.1. The van der Waals surface area contributed by atoms with Crippen LogP contribution < -0.4 is 5.73 Å². The molecule has 0 radical (unpaired) electrons. The molecule has 84 valence electrons. The Morgan fingerprint density at radius 2 is 2.60 bits per heavy atom. The van der Waals surface area contributed by atoms with Gasteiger partial charge in [0.05, 0.1) is 6.04 Å². The summed E-state index contributed by atoms with van der Waals surface area (Å²) < 4.78 is 0. The molecule has 0 spiro atoms. The fourth-order valence-electron chi connectivity index (χ4n) is 2.24. The number of nitrogens with zero attached hydrogens (tertiary/aromatic N) is 2. The maximum atomic E-state index is 5.74. The molecule has 1 aliphatic rings. The Morgan fingerprint density at radius 1 is 1.73 bits per heavy atom. The number of hydrogen-bond acceptors (Lipinski definition) is 4. The van der Waals surface area contributed by atoms with Crippen molar-refractivity contribution in [1.29, 1.82) is 0 Å². The summed E-state index contributed by atoms with van der Waals surface area (Å²) in [7, 11) is 0. The molecule has 4 heteroatoms. The molecule has 2 N–H and O–H groups in total. The van der Waals surface area contributed by atoms with Crippen LogP contribution in [0.3, 0.4) is 0 Å². The van der Waals surface area contributed by atoms with Gasteiger partial charge in [0.1, 0.15) is 5.01 Å². The van der Waals surface area contributed by atoms with Crippen molar-refractivity contribution in [3.8, 4) is 0 Å². The van der Waals surface area contributed by atoms with Gasteiger partial charge in [0.2, 0.25) is 0 Å². The Balaban J connectivity index is 1.98. The van der Waals surface area contributed by atoms with Gasteiger partial charge in [-0.3, -0.25) is 4.90 Å². The Bertz CT molecular complexity index is 286. The minimum Gasteiger partial charge on any atom is -0.330 e. The third kappa shape index (κ3) is 2.56. The van der Waals surface area contributed by atoms with Crippen LogP contribution in [-0.4, -0.2) is 29.5 Å². The average molecular weight is 225 g/mol. The first-order chi connectivity index (χ1) is 7.31. The number of rotatable bonds is 3. The summed E-state index contributed by atoms with van der Waals surface area (Å²) >= 11 is 1.75. The zero-order valence-electron chi connectivity index (χ0n) is 9.22. The molecule has 1 saturated heterocycles. The lowest BCUT2D eigenvalue weighted by Crippen LogP contribution is -2.39. The monoisotopic (exact) mass is 225 g/mol. The first-order valence-corrected chi connectivity index (χ1v) is 6.52.